The van der Waals surface area contributed by atoms with Crippen molar-refractivity contribution in [3.05, 3.63) is 52.9 Å². The topological polar surface area (TPSA) is 69.6 Å². The molecule has 4 aromatic rings. The minimum Gasteiger partial charge on any atom is -0.493 e. The molecule has 0 radical (unpaired) electrons. The summed E-state index contributed by atoms with van der Waals surface area (Å²) in [6, 6.07) is 1.36. The second-order valence-electron chi connectivity index (χ2n) is 7.14. The molecule has 0 N–H and O–H groups in total. The van der Waals surface area contributed by atoms with Gasteiger partial charge in [-0.3, -0.25) is 9.38 Å². The van der Waals surface area contributed by atoms with Crippen molar-refractivity contribution in [3.8, 4) is 5.75 Å². The highest BCUT2D eigenvalue weighted by Gasteiger charge is 2.45. The maximum atomic E-state index is 13.9. The van der Waals surface area contributed by atoms with E-state index < -0.39 is 0 Å². The van der Waals surface area contributed by atoms with Crippen LogP contribution in [-0.2, 0) is 0 Å². The molecule has 1 fully saturated rings. The van der Waals surface area contributed by atoms with Crippen LogP contribution in [0.3, 0.4) is 0 Å². The van der Waals surface area contributed by atoms with E-state index in [4.69, 9.17) is 14.7 Å². The Labute approximate surface area is 154 Å². The maximum absolute atomic E-state index is 13.9. The molecule has 4 aromatic heterocycles. The lowest BCUT2D eigenvalue weighted by atomic mass is 10.2. The molecular formula is C19H19FN6O. The summed E-state index contributed by atoms with van der Waals surface area (Å²) in [5.41, 5.74) is 5.13. The molecule has 5 rings (SSSR count). The van der Waals surface area contributed by atoms with Gasteiger partial charge in [-0.15, -0.1) is 0 Å². The number of pyridine rings is 1. The Kier molecular flexibility index (Phi) is 3.28. The summed E-state index contributed by atoms with van der Waals surface area (Å²) in [5, 5.41) is 4.69. The number of hydrogen-bond donors (Lipinski definition) is 0. The van der Waals surface area contributed by atoms with Crippen molar-refractivity contribution in [2.75, 3.05) is 7.11 Å². The van der Waals surface area contributed by atoms with Crippen LogP contribution in [0.4, 0.5) is 4.39 Å². The monoisotopic (exact) mass is 366 g/mol. The van der Waals surface area contributed by atoms with E-state index in [1.807, 2.05) is 25.3 Å². The standard InChI is InChI=1S/C19H19FN6O/c1-9-7-21-10(2)18-23-17(24-26(9)18)14-6-13(14)16-11(3)25-8-12(20)5-15(27-4)19(25)22-16/h5,7-8,13-14H,6H2,1-4H3/t13-,14-/m1/s1. The molecule has 7 nitrogen and oxygen atoms in total. The SMILES string of the molecule is COc1cc(F)cn2c(C)c([C@@H]3C[C@H]3c3nc4c(C)ncc(C)n4n3)nc12. The predicted molar refractivity (Wildman–Crippen MR) is 96.8 cm³/mol. The summed E-state index contributed by atoms with van der Waals surface area (Å²) in [6.45, 7) is 5.86. The van der Waals surface area contributed by atoms with E-state index in [0.29, 0.717) is 11.4 Å². The highest BCUT2D eigenvalue weighted by Crippen LogP contribution is 2.54. The maximum Gasteiger partial charge on any atom is 0.180 e. The largest absolute Gasteiger partial charge is 0.493 e. The Morgan fingerprint density at radius 1 is 1.15 bits per heavy atom. The molecule has 1 aliphatic carbocycles. The zero-order valence-corrected chi connectivity index (χ0v) is 15.6. The van der Waals surface area contributed by atoms with Gasteiger partial charge in [-0.05, 0) is 27.2 Å². The van der Waals surface area contributed by atoms with E-state index in [-0.39, 0.29) is 17.7 Å². The Hall–Kier alpha value is -3.03. The molecule has 0 bridgehead atoms. The average molecular weight is 366 g/mol. The van der Waals surface area contributed by atoms with Crippen molar-refractivity contribution in [3.63, 3.8) is 0 Å². The molecule has 4 heterocycles. The summed E-state index contributed by atoms with van der Waals surface area (Å²) in [6.07, 6.45) is 4.18. The summed E-state index contributed by atoms with van der Waals surface area (Å²) >= 11 is 0. The molecule has 0 spiro atoms. The lowest BCUT2D eigenvalue weighted by molar-refractivity contribution is 0.412. The minimum absolute atomic E-state index is 0.211. The van der Waals surface area contributed by atoms with Crippen molar-refractivity contribution in [2.45, 2.75) is 39.0 Å². The van der Waals surface area contributed by atoms with Crippen molar-refractivity contribution >= 4 is 11.3 Å². The number of hydrogen-bond acceptors (Lipinski definition) is 5. The van der Waals surface area contributed by atoms with Gasteiger partial charge in [-0.1, -0.05) is 0 Å². The number of imidazole rings is 1. The van der Waals surface area contributed by atoms with Crippen LogP contribution in [0.1, 0.15) is 46.9 Å². The number of ether oxygens (including phenoxy) is 1. The summed E-state index contributed by atoms with van der Waals surface area (Å²) in [4.78, 5) is 13.8. The lowest BCUT2D eigenvalue weighted by Gasteiger charge is -2.03. The number of nitrogens with zero attached hydrogens (tertiary/aromatic N) is 6. The van der Waals surface area contributed by atoms with E-state index in [9.17, 15) is 4.39 Å². The van der Waals surface area contributed by atoms with Crippen molar-refractivity contribution in [1.82, 2.24) is 29.0 Å². The van der Waals surface area contributed by atoms with Gasteiger partial charge < -0.3 is 4.74 Å². The molecule has 27 heavy (non-hydrogen) atoms. The first-order valence-corrected chi connectivity index (χ1v) is 8.89. The van der Waals surface area contributed by atoms with Gasteiger partial charge in [0.25, 0.3) is 0 Å². The van der Waals surface area contributed by atoms with Crippen LogP contribution in [-0.4, -0.2) is 36.1 Å². The van der Waals surface area contributed by atoms with Crippen LogP contribution in [0.25, 0.3) is 11.3 Å². The fourth-order valence-electron chi connectivity index (χ4n) is 3.77. The van der Waals surface area contributed by atoms with Crippen LogP contribution in [0.15, 0.2) is 18.5 Å². The molecule has 1 aliphatic rings. The number of aromatic nitrogens is 6. The average Bonchev–Trinajstić information content (AvgIpc) is 3.18. The van der Waals surface area contributed by atoms with Crippen LogP contribution >= 0.6 is 0 Å². The van der Waals surface area contributed by atoms with Gasteiger partial charge in [0.2, 0.25) is 0 Å². The number of methoxy groups -OCH3 is 1. The van der Waals surface area contributed by atoms with Crippen molar-refractivity contribution in [2.24, 2.45) is 0 Å². The third-order valence-corrected chi connectivity index (χ3v) is 5.35. The zero-order valence-electron chi connectivity index (χ0n) is 15.6. The molecule has 0 amide bonds. The van der Waals surface area contributed by atoms with E-state index in [2.05, 4.69) is 10.1 Å². The Morgan fingerprint density at radius 2 is 1.96 bits per heavy atom. The van der Waals surface area contributed by atoms with Crippen LogP contribution in [0, 0.1) is 26.6 Å². The minimum atomic E-state index is -0.348. The first-order valence-electron chi connectivity index (χ1n) is 8.89. The Morgan fingerprint density at radius 3 is 2.70 bits per heavy atom. The molecular weight excluding hydrogens is 347 g/mol. The zero-order chi connectivity index (χ0) is 18.9. The summed E-state index contributed by atoms with van der Waals surface area (Å²) in [5.74, 6) is 1.34. The highest BCUT2D eigenvalue weighted by molar-refractivity contribution is 5.57. The van der Waals surface area contributed by atoms with Gasteiger partial charge in [0.05, 0.1) is 24.2 Å². The van der Waals surface area contributed by atoms with E-state index in [0.717, 1.165) is 40.7 Å². The lowest BCUT2D eigenvalue weighted by Crippen LogP contribution is -1.97. The Balaban J connectivity index is 1.56. The van der Waals surface area contributed by atoms with Crippen molar-refractivity contribution < 1.29 is 9.13 Å². The third kappa shape index (κ3) is 2.32. The molecule has 138 valence electrons. The van der Waals surface area contributed by atoms with Gasteiger partial charge in [-0.2, -0.15) is 5.10 Å². The number of halogens is 1. The quantitative estimate of drug-likeness (QED) is 0.557. The molecule has 0 aromatic carbocycles. The molecule has 1 saturated carbocycles. The van der Waals surface area contributed by atoms with E-state index in [1.54, 1.807) is 10.6 Å². The first kappa shape index (κ1) is 16.2. The van der Waals surface area contributed by atoms with Crippen LogP contribution < -0.4 is 4.74 Å². The van der Waals surface area contributed by atoms with Gasteiger partial charge in [0, 0.05) is 36.0 Å². The normalized spacial score (nSPS) is 19.1. The molecule has 0 aliphatic heterocycles. The van der Waals surface area contributed by atoms with Gasteiger partial charge in [-0.25, -0.2) is 18.9 Å². The third-order valence-electron chi connectivity index (χ3n) is 5.35. The van der Waals surface area contributed by atoms with Gasteiger partial charge in [0.15, 0.2) is 22.9 Å². The van der Waals surface area contributed by atoms with E-state index in [1.165, 1.54) is 19.4 Å². The van der Waals surface area contributed by atoms with Crippen LogP contribution in [0.5, 0.6) is 5.75 Å². The summed E-state index contributed by atoms with van der Waals surface area (Å²) in [7, 11) is 1.53. The van der Waals surface area contributed by atoms with Gasteiger partial charge >= 0.3 is 0 Å². The molecule has 8 heteroatoms. The molecule has 0 saturated heterocycles. The van der Waals surface area contributed by atoms with Gasteiger partial charge in [0.1, 0.15) is 5.82 Å². The van der Waals surface area contributed by atoms with E-state index >= 15 is 0 Å². The molecule has 2 atom stereocenters. The first-order chi connectivity index (χ1) is 13.0. The Bertz CT molecular complexity index is 1170. The highest BCUT2D eigenvalue weighted by atomic mass is 19.1. The summed E-state index contributed by atoms with van der Waals surface area (Å²) < 4.78 is 22.8. The molecule has 0 unspecified atom stereocenters. The second-order valence-corrected chi connectivity index (χ2v) is 7.14. The number of fused-ring (bicyclic) bond motifs is 2. The predicted octanol–water partition coefficient (Wildman–Crippen LogP) is 3.12. The smallest absolute Gasteiger partial charge is 0.180 e. The fraction of sp³-hybridized carbons (Fsp3) is 0.368. The van der Waals surface area contributed by atoms with Crippen LogP contribution in [0.2, 0.25) is 0 Å². The van der Waals surface area contributed by atoms with Crippen molar-refractivity contribution in [1.29, 1.82) is 0 Å². The fourth-order valence-corrected chi connectivity index (χ4v) is 3.77. The number of rotatable bonds is 3. The second kappa shape index (κ2) is 5.48. The number of aryl methyl sites for hydroxylation is 3.